The Morgan fingerprint density at radius 2 is 1.65 bits per heavy atom. The van der Waals surface area contributed by atoms with Gasteiger partial charge in [-0.15, -0.1) is 5.06 Å². The fraction of sp³-hybridized carbons (Fsp3) is 0.333. The molecule has 90 valence electrons. The number of imide groups is 1. The van der Waals surface area contributed by atoms with Crippen molar-refractivity contribution in [1.29, 1.82) is 0 Å². The molecule has 1 heterocycles. The monoisotopic (exact) mass is 234 g/mol. The van der Waals surface area contributed by atoms with Crippen LogP contribution in [-0.4, -0.2) is 30.0 Å². The third kappa shape index (κ3) is 2.20. The normalized spacial score (nSPS) is 14.3. The second kappa shape index (κ2) is 5.07. The van der Waals surface area contributed by atoms with E-state index in [1.54, 1.807) is 24.3 Å². The number of fused-ring (bicyclic) bond motifs is 1. The highest BCUT2D eigenvalue weighted by Crippen LogP contribution is 2.22. The van der Waals surface area contributed by atoms with Crippen molar-refractivity contribution in [2.45, 2.75) is 12.8 Å². The summed E-state index contributed by atoms with van der Waals surface area (Å²) in [7, 11) is 0. The van der Waals surface area contributed by atoms with Crippen molar-refractivity contribution in [3.05, 3.63) is 35.4 Å². The summed E-state index contributed by atoms with van der Waals surface area (Å²) in [5.74, 6) is -0.781. The third-order valence-electron chi connectivity index (χ3n) is 2.58. The van der Waals surface area contributed by atoms with E-state index in [0.29, 0.717) is 24.3 Å². The van der Waals surface area contributed by atoms with Gasteiger partial charge in [0.05, 0.1) is 17.7 Å². The number of carbonyl (C=O) groups is 2. The molecule has 1 aliphatic heterocycles. The highest BCUT2D eigenvalue weighted by atomic mass is 16.7. The van der Waals surface area contributed by atoms with Gasteiger partial charge in [0.1, 0.15) is 0 Å². The number of carbonyl (C=O) groups excluding carboxylic acids is 2. The maximum absolute atomic E-state index is 11.8. The minimum atomic E-state index is -0.390. The Labute approximate surface area is 99.1 Å². The second-order valence-corrected chi connectivity index (χ2v) is 3.78. The first-order chi connectivity index (χ1) is 8.25. The molecule has 0 aromatic heterocycles. The van der Waals surface area contributed by atoms with Gasteiger partial charge in [0.2, 0.25) is 0 Å². The highest BCUT2D eigenvalue weighted by Gasteiger charge is 2.36. The molecule has 0 fully saturated rings. The smallest absolute Gasteiger partial charge is 0.285 e. The highest BCUT2D eigenvalue weighted by molar-refractivity contribution is 6.20. The summed E-state index contributed by atoms with van der Waals surface area (Å²) in [6.07, 6.45) is 1.53. The van der Waals surface area contributed by atoms with Gasteiger partial charge in [-0.05, 0) is 31.5 Å². The van der Waals surface area contributed by atoms with Crippen LogP contribution in [-0.2, 0) is 4.84 Å². The predicted octanol–water partition coefficient (Wildman–Crippen LogP) is 0.953. The Balaban J connectivity index is 2.03. The minimum Gasteiger partial charge on any atom is -0.330 e. The Kier molecular flexibility index (Phi) is 3.51. The van der Waals surface area contributed by atoms with Crippen molar-refractivity contribution in [3.8, 4) is 0 Å². The number of unbranched alkanes of at least 4 members (excludes halogenated alkanes) is 1. The first-order valence-corrected chi connectivity index (χ1v) is 5.56. The molecule has 2 rings (SSSR count). The number of benzene rings is 1. The number of nitrogens with two attached hydrogens (primary N) is 1. The lowest BCUT2D eigenvalue weighted by Crippen LogP contribution is -2.30. The molecular formula is C12H14N2O3. The molecule has 1 aromatic rings. The van der Waals surface area contributed by atoms with E-state index < -0.39 is 11.8 Å². The Bertz CT molecular complexity index is 410. The molecule has 17 heavy (non-hydrogen) atoms. The molecule has 0 radical (unpaired) electrons. The maximum atomic E-state index is 11.8. The average Bonchev–Trinajstić information content (AvgIpc) is 2.60. The van der Waals surface area contributed by atoms with Gasteiger partial charge in [0, 0.05) is 0 Å². The van der Waals surface area contributed by atoms with Gasteiger partial charge >= 0.3 is 0 Å². The van der Waals surface area contributed by atoms with E-state index >= 15 is 0 Å². The van der Waals surface area contributed by atoms with Gasteiger partial charge in [0.25, 0.3) is 11.8 Å². The van der Waals surface area contributed by atoms with E-state index in [9.17, 15) is 9.59 Å². The lowest BCUT2D eigenvalue weighted by atomic mass is 10.1. The summed E-state index contributed by atoms with van der Waals surface area (Å²) in [6, 6.07) is 6.70. The number of hydrogen-bond donors (Lipinski definition) is 1. The zero-order valence-electron chi connectivity index (χ0n) is 9.39. The molecule has 0 unspecified atom stereocenters. The van der Waals surface area contributed by atoms with Crippen molar-refractivity contribution in [2.75, 3.05) is 13.2 Å². The molecule has 0 saturated heterocycles. The Morgan fingerprint density at radius 3 is 2.18 bits per heavy atom. The molecule has 2 amide bonds. The van der Waals surface area contributed by atoms with Crippen LogP contribution in [0.4, 0.5) is 0 Å². The summed E-state index contributed by atoms with van der Waals surface area (Å²) in [5.41, 5.74) is 6.14. The van der Waals surface area contributed by atoms with Crippen LogP contribution < -0.4 is 5.73 Å². The summed E-state index contributed by atoms with van der Waals surface area (Å²) in [4.78, 5) is 28.8. The second-order valence-electron chi connectivity index (χ2n) is 3.78. The van der Waals surface area contributed by atoms with Crippen molar-refractivity contribution >= 4 is 11.8 Å². The van der Waals surface area contributed by atoms with E-state index in [1.165, 1.54) is 0 Å². The van der Waals surface area contributed by atoms with Gasteiger partial charge < -0.3 is 5.73 Å². The van der Waals surface area contributed by atoms with Crippen LogP contribution in [0.25, 0.3) is 0 Å². The molecule has 0 atom stereocenters. The SMILES string of the molecule is NCCCCON1C(=O)c2ccccc2C1=O. The lowest BCUT2D eigenvalue weighted by molar-refractivity contribution is -0.0920. The van der Waals surface area contributed by atoms with E-state index in [0.717, 1.165) is 17.9 Å². The average molecular weight is 234 g/mol. The van der Waals surface area contributed by atoms with Crippen LogP contribution in [0.1, 0.15) is 33.6 Å². The predicted molar refractivity (Wildman–Crippen MR) is 61.2 cm³/mol. The van der Waals surface area contributed by atoms with E-state index in [2.05, 4.69) is 0 Å². The number of hydrogen-bond acceptors (Lipinski definition) is 4. The standard InChI is InChI=1S/C12H14N2O3/c13-7-3-4-8-17-14-11(15)9-5-1-2-6-10(9)12(14)16/h1-2,5-6H,3-4,7-8,13H2. The van der Waals surface area contributed by atoms with E-state index in [-0.39, 0.29) is 0 Å². The zero-order valence-corrected chi connectivity index (χ0v) is 9.39. The molecule has 0 bridgehead atoms. The van der Waals surface area contributed by atoms with Crippen LogP contribution in [0.15, 0.2) is 24.3 Å². The lowest BCUT2D eigenvalue weighted by Gasteiger charge is -2.12. The number of nitrogens with zero attached hydrogens (tertiary/aromatic N) is 1. The first kappa shape index (κ1) is 11.8. The van der Waals surface area contributed by atoms with Crippen molar-refractivity contribution in [3.63, 3.8) is 0 Å². The molecule has 0 aliphatic carbocycles. The Hall–Kier alpha value is -1.72. The van der Waals surface area contributed by atoms with Crippen LogP contribution >= 0.6 is 0 Å². The first-order valence-electron chi connectivity index (χ1n) is 5.56. The van der Waals surface area contributed by atoms with E-state index in [1.807, 2.05) is 0 Å². The quantitative estimate of drug-likeness (QED) is 0.608. The molecule has 0 spiro atoms. The number of amides is 2. The summed E-state index contributed by atoms with van der Waals surface area (Å²) < 4.78 is 0. The van der Waals surface area contributed by atoms with Crippen LogP contribution in [0, 0.1) is 0 Å². The fourth-order valence-corrected chi connectivity index (χ4v) is 1.69. The number of rotatable bonds is 5. The van der Waals surface area contributed by atoms with E-state index in [4.69, 9.17) is 10.6 Å². The Morgan fingerprint density at radius 1 is 1.06 bits per heavy atom. The number of hydroxylamine groups is 2. The van der Waals surface area contributed by atoms with Crippen molar-refractivity contribution in [1.82, 2.24) is 5.06 Å². The van der Waals surface area contributed by atoms with Gasteiger partial charge in [-0.1, -0.05) is 12.1 Å². The summed E-state index contributed by atoms with van der Waals surface area (Å²) in [5, 5.41) is 0.835. The van der Waals surface area contributed by atoms with Gasteiger partial charge in [0.15, 0.2) is 0 Å². The molecule has 1 aliphatic rings. The molecular weight excluding hydrogens is 220 g/mol. The van der Waals surface area contributed by atoms with Gasteiger partial charge in [-0.3, -0.25) is 14.4 Å². The van der Waals surface area contributed by atoms with Crippen LogP contribution in [0.2, 0.25) is 0 Å². The molecule has 5 heteroatoms. The largest absolute Gasteiger partial charge is 0.330 e. The summed E-state index contributed by atoms with van der Waals surface area (Å²) >= 11 is 0. The molecule has 1 aromatic carbocycles. The van der Waals surface area contributed by atoms with Crippen molar-refractivity contribution in [2.24, 2.45) is 5.73 Å². The van der Waals surface area contributed by atoms with Crippen LogP contribution in [0.5, 0.6) is 0 Å². The molecule has 2 N–H and O–H groups in total. The topological polar surface area (TPSA) is 72.6 Å². The molecule has 5 nitrogen and oxygen atoms in total. The minimum absolute atomic E-state index is 0.322. The zero-order chi connectivity index (χ0) is 12.3. The van der Waals surface area contributed by atoms with Crippen LogP contribution in [0.3, 0.4) is 0 Å². The summed E-state index contributed by atoms with van der Waals surface area (Å²) in [6.45, 7) is 0.897. The molecule has 0 saturated carbocycles. The maximum Gasteiger partial charge on any atom is 0.285 e. The third-order valence-corrected chi connectivity index (χ3v) is 2.58. The van der Waals surface area contributed by atoms with Gasteiger partial charge in [-0.25, -0.2) is 0 Å². The van der Waals surface area contributed by atoms with Crippen molar-refractivity contribution < 1.29 is 14.4 Å². The fourth-order valence-electron chi connectivity index (χ4n) is 1.69. The van der Waals surface area contributed by atoms with Gasteiger partial charge in [-0.2, -0.15) is 0 Å².